The van der Waals surface area contributed by atoms with E-state index in [0.717, 1.165) is 6.42 Å². The number of hydrogen-bond donors (Lipinski definition) is 1. The van der Waals surface area contributed by atoms with Crippen molar-refractivity contribution < 1.29 is 18.1 Å². The van der Waals surface area contributed by atoms with E-state index in [4.69, 9.17) is 0 Å². The van der Waals surface area contributed by atoms with Crippen LogP contribution in [0, 0.1) is 22.0 Å². The number of nitrogens with zero attached hydrogens (tertiary/aromatic N) is 3. The number of nitro benzene ring substituents is 1. The first-order chi connectivity index (χ1) is 15.1. The normalized spacial score (nSPS) is 19.7. The van der Waals surface area contributed by atoms with Crippen molar-refractivity contribution in [1.29, 1.82) is 0 Å². The lowest BCUT2D eigenvalue weighted by Crippen LogP contribution is -2.42. The number of carbonyl (C=O) groups is 1. The average molecular weight is 475 g/mol. The Morgan fingerprint density at radius 1 is 1.16 bits per heavy atom. The number of hydrogen-bond acceptors (Lipinski definition) is 7. The molecule has 1 N–H and O–H groups in total. The second kappa shape index (κ2) is 8.57. The number of rotatable bonds is 5. The second-order valence-corrected chi connectivity index (χ2v) is 11.1. The van der Waals surface area contributed by atoms with Crippen LogP contribution in [-0.2, 0) is 10.0 Å². The summed E-state index contributed by atoms with van der Waals surface area (Å²) < 4.78 is 28.2. The molecule has 168 valence electrons. The Morgan fingerprint density at radius 3 is 2.44 bits per heavy atom. The first-order valence-corrected chi connectivity index (χ1v) is 12.4. The number of aromatic nitrogens is 1. The molecule has 9 nitrogen and oxygen atoms in total. The quantitative estimate of drug-likeness (QED) is 0.438. The summed E-state index contributed by atoms with van der Waals surface area (Å²) in [6.07, 6.45) is 1.00. The molecule has 0 saturated carbocycles. The second-order valence-electron chi connectivity index (χ2n) is 8.17. The van der Waals surface area contributed by atoms with Crippen molar-refractivity contribution in [3.8, 4) is 0 Å². The van der Waals surface area contributed by atoms with Gasteiger partial charge in [0.25, 0.3) is 11.6 Å². The minimum absolute atomic E-state index is 0.0741. The van der Waals surface area contributed by atoms with Crippen LogP contribution >= 0.6 is 11.3 Å². The van der Waals surface area contributed by atoms with Gasteiger partial charge in [-0.3, -0.25) is 20.2 Å². The van der Waals surface area contributed by atoms with Gasteiger partial charge in [-0.25, -0.2) is 13.4 Å². The number of anilines is 1. The van der Waals surface area contributed by atoms with E-state index in [1.165, 1.54) is 52.0 Å². The van der Waals surface area contributed by atoms with Crippen LogP contribution in [0.5, 0.6) is 0 Å². The zero-order chi connectivity index (χ0) is 23.0. The molecule has 0 spiro atoms. The summed E-state index contributed by atoms with van der Waals surface area (Å²) in [4.78, 5) is 27.4. The number of non-ortho nitro benzene ring substituents is 1. The maximum absolute atomic E-state index is 13.0. The summed E-state index contributed by atoms with van der Waals surface area (Å²) >= 11 is 1.20. The number of thiazole rings is 1. The minimum Gasteiger partial charge on any atom is -0.298 e. The summed E-state index contributed by atoms with van der Waals surface area (Å²) in [5.41, 5.74) is 0.635. The summed E-state index contributed by atoms with van der Waals surface area (Å²) in [6.45, 7) is 5.08. The Labute approximate surface area is 189 Å². The van der Waals surface area contributed by atoms with Gasteiger partial charge in [0.2, 0.25) is 10.0 Å². The van der Waals surface area contributed by atoms with E-state index in [1.54, 1.807) is 6.07 Å². The largest absolute Gasteiger partial charge is 0.298 e. The maximum Gasteiger partial charge on any atom is 0.271 e. The Bertz CT molecular complexity index is 1280. The molecule has 2 unspecified atom stereocenters. The van der Waals surface area contributed by atoms with Gasteiger partial charge in [-0.1, -0.05) is 25.2 Å². The molecule has 0 aliphatic carbocycles. The van der Waals surface area contributed by atoms with Crippen molar-refractivity contribution in [1.82, 2.24) is 9.29 Å². The van der Waals surface area contributed by atoms with Crippen LogP contribution in [0.4, 0.5) is 10.8 Å². The third-order valence-corrected chi connectivity index (χ3v) is 8.19. The first-order valence-electron chi connectivity index (χ1n) is 10.1. The van der Waals surface area contributed by atoms with Crippen molar-refractivity contribution in [2.45, 2.75) is 25.2 Å². The molecule has 4 rings (SSSR count). The number of benzene rings is 2. The third-order valence-electron chi connectivity index (χ3n) is 5.39. The molecule has 0 radical (unpaired) electrons. The molecule has 1 aliphatic rings. The fraction of sp³-hybridized carbons (Fsp3) is 0.333. The SMILES string of the molecule is CC1CC(C)CN(S(=O)(=O)c2ccc(C(=O)Nc3nc4cc([N+](=O)[O-])ccc4s3)cc2)C1. The summed E-state index contributed by atoms with van der Waals surface area (Å²) in [5, 5.41) is 13.9. The number of fused-ring (bicyclic) bond motifs is 1. The van der Waals surface area contributed by atoms with Gasteiger partial charge in [0, 0.05) is 30.8 Å². The fourth-order valence-electron chi connectivity index (χ4n) is 3.98. The molecule has 2 heterocycles. The van der Waals surface area contributed by atoms with Crippen LogP contribution in [0.25, 0.3) is 10.2 Å². The Hall–Kier alpha value is -2.89. The van der Waals surface area contributed by atoms with E-state index in [1.807, 2.05) is 13.8 Å². The van der Waals surface area contributed by atoms with E-state index in [2.05, 4.69) is 10.3 Å². The summed E-state index contributed by atoms with van der Waals surface area (Å²) in [7, 11) is -3.62. The first kappa shape index (κ1) is 22.3. The standard InChI is InChI=1S/C21H22N4O5S2/c1-13-9-14(2)12-24(11-13)32(29,30)17-6-3-15(4-7-17)20(26)23-21-22-18-10-16(25(27)28)5-8-19(18)31-21/h3-8,10,13-14H,9,11-12H2,1-2H3,(H,22,23,26). The molecular formula is C21H22N4O5S2. The monoisotopic (exact) mass is 474 g/mol. The molecular weight excluding hydrogens is 452 g/mol. The van der Waals surface area contributed by atoms with Gasteiger partial charge in [0.15, 0.2) is 5.13 Å². The summed E-state index contributed by atoms with van der Waals surface area (Å²) in [5.74, 6) is 0.158. The van der Waals surface area contributed by atoms with Crippen molar-refractivity contribution >= 4 is 48.3 Å². The van der Waals surface area contributed by atoms with Crippen LogP contribution in [-0.4, -0.2) is 41.6 Å². The number of piperidine rings is 1. The lowest BCUT2D eigenvalue weighted by molar-refractivity contribution is -0.384. The highest BCUT2D eigenvalue weighted by atomic mass is 32.2. The van der Waals surface area contributed by atoms with Gasteiger partial charge in [-0.05, 0) is 48.6 Å². The fourth-order valence-corrected chi connectivity index (χ4v) is 6.50. The Morgan fingerprint density at radius 2 is 1.81 bits per heavy atom. The van der Waals surface area contributed by atoms with E-state index in [9.17, 15) is 23.3 Å². The van der Waals surface area contributed by atoms with Gasteiger partial charge in [-0.2, -0.15) is 4.31 Å². The predicted octanol–water partition coefficient (Wildman–Crippen LogP) is 4.12. The van der Waals surface area contributed by atoms with Crippen molar-refractivity contribution in [2.24, 2.45) is 11.8 Å². The number of nitrogens with one attached hydrogen (secondary N) is 1. The zero-order valence-electron chi connectivity index (χ0n) is 17.5. The maximum atomic E-state index is 13.0. The molecule has 1 aliphatic heterocycles. The highest BCUT2D eigenvalue weighted by Crippen LogP contribution is 2.30. The van der Waals surface area contributed by atoms with Crippen LogP contribution in [0.2, 0.25) is 0 Å². The smallest absolute Gasteiger partial charge is 0.271 e. The van der Waals surface area contributed by atoms with Gasteiger partial charge in [-0.15, -0.1) is 0 Å². The van der Waals surface area contributed by atoms with Crippen molar-refractivity contribution in [3.05, 3.63) is 58.1 Å². The lowest BCUT2D eigenvalue weighted by atomic mass is 9.94. The number of nitro groups is 1. The lowest BCUT2D eigenvalue weighted by Gasteiger charge is -2.34. The van der Waals surface area contributed by atoms with E-state index in [-0.39, 0.29) is 16.1 Å². The highest BCUT2D eigenvalue weighted by molar-refractivity contribution is 7.89. The molecule has 1 amide bonds. The summed E-state index contributed by atoms with van der Waals surface area (Å²) in [6, 6.07) is 10.1. The van der Waals surface area contributed by atoms with Gasteiger partial charge >= 0.3 is 0 Å². The van der Waals surface area contributed by atoms with Gasteiger partial charge in [0.1, 0.15) is 0 Å². The van der Waals surface area contributed by atoms with Crippen molar-refractivity contribution in [3.63, 3.8) is 0 Å². The van der Waals surface area contributed by atoms with Gasteiger partial charge in [0.05, 0.1) is 20.0 Å². The molecule has 11 heteroatoms. The van der Waals surface area contributed by atoms with Crippen LogP contribution in [0.3, 0.4) is 0 Å². The number of amides is 1. The Balaban J connectivity index is 1.49. The third kappa shape index (κ3) is 4.50. The minimum atomic E-state index is -3.62. The molecule has 1 saturated heterocycles. The molecule has 3 aromatic rings. The van der Waals surface area contributed by atoms with E-state index < -0.39 is 20.9 Å². The highest BCUT2D eigenvalue weighted by Gasteiger charge is 2.31. The average Bonchev–Trinajstić information content (AvgIpc) is 3.14. The molecule has 32 heavy (non-hydrogen) atoms. The number of sulfonamides is 1. The molecule has 0 bridgehead atoms. The topological polar surface area (TPSA) is 123 Å². The molecule has 2 atom stereocenters. The Kier molecular flexibility index (Phi) is 5.97. The molecule has 1 aromatic heterocycles. The van der Waals surface area contributed by atoms with Crippen LogP contribution in [0.1, 0.15) is 30.6 Å². The van der Waals surface area contributed by atoms with Crippen LogP contribution in [0.15, 0.2) is 47.4 Å². The molecule has 1 fully saturated rings. The van der Waals surface area contributed by atoms with E-state index >= 15 is 0 Å². The predicted molar refractivity (Wildman–Crippen MR) is 122 cm³/mol. The number of carbonyl (C=O) groups excluding carboxylic acids is 1. The zero-order valence-corrected chi connectivity index (χ0v) is 19.1. The van der Waals surface area contributed by atoms with Crippen LogP contribution < -0.4 is 5.32 Å². The molecule has 2 aromatic carbocycles. The van der Waals surface area contributed by atoms with E-state index in [0.29, 0.717) is 40.3 Å². The van der Waals surface area contributed by atoms with Gasteiger partial charge < -0.3 is 0 Å². The van der Waals surface area contributed by atoms with Crippen molar-refractivity contribution in [2.75, 3.05) is 18.4 Å².